The van der Waals surface area contributed by atoms with Crippen molar-refractivity contribution < 1.29 is 17.9 Å². The number of sulfonamides is 1. The third-order valence-corrected chi connectivity index (χ3v) is 3.66. The molecule has 0 aliphatic carbocycles. The molecule has 96 valence electrons. The summed E-state index contributed by atoms with van der Waals surface area (Å²) in [5, 5.41) is 8.84. The van der Waals surface area contributed by atoms with E-state index < -0.39 is 15.8 Å². The second kappa shape index (κ2) is 4.79. The van der Waals surface area contributed by atoms with Crippen molar-refractivity contribution in [2.75, 3.05) is 4.72 Å². The van der Waals surface area contributed by atoms with Crippen LogP contribution in [0.5, 0.6) is 0 Å². The summed E-state index contributed by atoms with van der Waals surface area (Å²) in [5.41, 5.74) is 0.244. The topological polar surface area (TPSA) is 82.2 Å². The number of aliphatic hydroxyl groups excluding tert-OH is 1. The van der Waals surface area contributed by atoms with Gasteiger partial charge in [0, 0.05) is 11.9 Å². The number of aromatic nitrogens is 1. The fraction of sp³-hybridized carbons (Fsp3) is 0.0909. The van der Waals surface area contributed by atoms with E-state index in [0.29, 0.717) is 5.69 Å². The summed E-state index contributed by atoms with van der Waals surface area (Å²) in [6.45, 7) is -0.296. The highest BCUT2D eigenvalue weighted by Crippen LogP contribution is 2.19. The smallest absolute Gasteiger partial charge is 0.263 e. The highest BCUT2D eigenvalue weighted by molar-refractivity contribution is 7.92. The zero-order valence-corrected chi connectivity index (χ0v) is 10.0. The third kappa shape index (κ3) is 2.52. The van der Waals surface area contributed by atoms with Gasteiger partial charge in [-0.25, -0.2) is 12.8 Å². The van der Waals surface area contributed by atoms with Crippen LogP contribution in [0.25, 0.3) is 0 Å². The minimum absolute atomic E-state index is 0.0604. The van der Waals surface area contributed by atoms with Gasteiger partial charge in [0.05, 0.1) is 12.3 Å². The predicted molar refractivity (Wildman–Crippen MR) is 63.9 cm³/mol. The van der Waals surface area contributed by atoms with Crippen LogP contribution in [-0.4, -0.2) is 18.5 Å². The highest BCUT2D eigenvalue weighted by Gasteiger charge is 2.17. The van der Waals surface area contributed by atoms with Crippen molar-refractivity contribution in [1.29, 1.82) is 0 Å². The molecular weight excluding hydrogens is 259 g/mol. The van der Waals surface area contributed by atoms with Gasteiger partial charge in [-0.1, -0.05) is 12.1 Å². The highest BCUT2D eigenvalue weighted by atomic mass is 32.2. The molecule has 3 N–H and O–H groups in total. The molecule has 0 aliphatic heterocycles. The van der Waals surface area contributed by atoms with E-state index in [2.05, 4.69) is 9.71 Å². The number of benzene rings is 1. The zero-order valence-electron chi connectivity index (χ0n) is 9.22. The van der Waals surface area contributed by atoms with Gasteiger partial charge in [0.1, 0.15) is 10.7 Å². The van der Waals surface area contributed by atoms with Crippen molar-refractivity contribution in [2.24, 2.45) is 0 Å². The summed E-state index contributed by atoms with van der Waals surface area (Å²) in [5.74, 6) is -0.654. The van der Waals surface area contributed by atoms with Crippen molar-refractivity contribution in [3.05, 3.63) is 48.0 Å². The number of aromatic amines is 1. The molecule has 0 bridgehead atoms. The normalized spacial score (nSPS) is 11.4. The molecule has 1 aromatic carbocycles. The van der Waals surface area contributed by atoms with Gasteiger partial charge in [-0.2, -0.15) is 0 Å². The Morgan fingerprint density at radius 3 is 2.67 bits per heavy atom. The number of H-pyrrole nitrogens is 1. The largest absolute Gasteiger partial charge is 0.390 e. The predicted octanol–water partition coefficient (Wildman–Crippen LogP) is 1.45. The molecule has 0 atom stereocenters. The van der Waals surface area contributed by atoms with Gasteiger partial charge in [-0.15, -0.1) is 0 Å². The van der Waals surface area contributed by atoms with E-state index in [1.807, 2.05) is 0 Å². The first kappa shape index (κ1) is 12.6. The molecule has 0 radical (unpaired) electrons. The molecule has 18 heavy (non-hydrogen) atoms. The maximum absolute atomic E-state index is 13.3. The molecule has 2 rings (SSSR count). The van der Waals surface area contributed by atoms with Crippen LogP contribution in [0, 0.1) is 5.82 Å². The van der Waals surface area contributed by atoms with E-state index in [1.54, 1.807) is 0 Å². The molecule has 7 heteroatoms. The Morgan fingerprint density at radius 1 is 1.33 bits per heavy atom. The van der Waals surface area contributed by atoms with Gasteiger partial charge in [-0.3, -0.25) is 4.72 Å². The van der Waals surface area contributed by atoms with E-state index >= 15 is 0 Å². The molecule has 1 aromatic heterocycles. The first-order valence-electron chi connectivity index (χ1n) is 5.08. The van der Waals surface area contributed by atoms with Crippen LogP contribution in [0.2, 0.25) is 0 Å². The Morgan fingerprint density at radius 2 is 2.06 bits per heavy atom. The second-order valence-corrected chi connectivity index (χ2v) is 5.29. The Bertz CT molecular complexity index is 652. The van der Waals surface area contributed by atoms with Gasteiger partial charge in [-0.05, 0) is 18.2 Å². The monoisotopic (exact) mass is 270 g/mol. The first-order chi connectivity index (χ1) is 8.53. The van der Waals surface area contributed by atoms with Gasteiger partial charge < -0.3 is 10.1 Å². The van der Waals surface area contributed by atoms with Crippen LogP contribution in [0.4, 0.5) is 10.1 Å². The standard InChI is InChI=1S/C11H11FN2O3S/c12-10-3-1-2-4-11(10)14-18(16,17)9-5-8(7-15)13-6-9/h1-6,13-15H,7H2. The van der Waals surface area contributed by atoms with Gasteiger partial charge >= 0.3 is 0 Å². The number of halogens is 1. The van der Waals surface area contributed by atoms with Crippen LogP contribution in [0.15, 0.2) is 41.4 Å². The Hall–Kier alpha value is -1.86. The quantitative estimate of drug-likeness (QED) is 0.786. The number of hydrogen-bond acceptors (Lipinski definition) is 3. The number of anilines is 1. The van der Waals surface area contributed by atoms with E-state index in [9.17, 15) is 12.8 Å². The molecule has 0 fully saturated rings. The zero-order chi connectivity index (χ0) is 13.2. The first-order valence-corrected chi connectivity index (χ1v) is 6.57. The molecular formula is C11H11FN2O3S. The lowest BCUT2D eigenvalue weighted by atomic mass is 10.3. The van der Waals surface area contributed by atoms with E-state index in [0.717, 1.165) is 6.07 Å². The van der Waals surface area contributed by atoms with Crippen molar-refractivity contribution >= 4 is 15.7 Å². The number of rotatable bonds is 4. The van der Waals surface area contributed by atoms with Crippen molar-refractivity contribution in [2.45, 2.75) is 11.5 Å². The van der Waals surface area contributed by atoms with E-state index in [4.69, 9.17) is 5.11 Å². The Balaban J connectivity index is 2.30. The molecule has 0 amide bonds. The fourth-order valence-electron chi connectivity index (χ4n) is 1.41. The molecule has 0 saturated heterocycles. The number of nitrogens with one attached hydrogen (secondary N) is 2. The fourth-order valence-corrected chi connectivity index (χ4v) is 2.50. The lowest BCUT2D eigenvalue weighted by Crippen LogP contribution is -2.13. The SMILES string of the molecule is O=S(=O)(Nc1ccccc1F)c1c[nH]c(CO)c1. The molecule has 0 saturated carbocycles. The minimum Gasteiger partial charge on any atom is -0.390 e. The molecule has 2 aromatic rings. The summed E-state index contributed by atoms with van der Waals surface area (Å²) in [6, 6.07) is 6.76. The number of aliphatic hydroxyl groups is 1. The van der Waals surface area contributed by atoms with Crippen LogP contribution < -0.4 is 4.72 Å². The van der Waals surface area contributed by atoms with E-state index in [-0.39, 0.29) is 17.2 Å². The van der Waals surface area contributed by atoms with Crippen LogP contribution in [0.1, 0.15) is 5.69 Å². The average molecular weight is 270 g/mol. The molecule has 0 aliphatic rings. The van der Waals surface area contributed by atoms with Gasteiger partial charge in [0.2, 0.25) is 0 Å². The van der Waals surface area contributed by atoms with Crippen molar-refractivity contribution in [3.63, 3.8) is 0 Å². The molecule has 1 heterocycles. The summed E-state index contributed by atoms with van der Waals surface area (Å²) >= 11 is 0. The lowest BCUT2D eigenvalue weighted by Gasteiger charge is -2.06. The molecule has 0 spiro atoms. The summed E-state index contributed by atoms with van der Waals surface area (Å²) < 4.78 is 39.3. The molecule has 5 nitrogen and oxygen atoms in total. The maximum Gasteiger partial charge on any atom is 0.263 e. The minimum atomic E-state index is -3.86. The second-order valence-electron chi connectivity index (χ2n) is 3.60. The average Bonchev–Trinajstić information content (AvgIpc) is 2.81. The molecule has 0 unspecified atom stereocenters. The van der Waals surface area contributed by atoms with Gasteiger partial charge in [0.15, 0.2) is 0 Å². The maximum atomic E-state index is 13.3. The third-order valence-electron chi connectivity index (χ3n) is 2.32. The van der Waals surface area contributed by atoms with E-state index in [1.165, 1.54) is 30.5 Å². The number of para-hydroxylation sites is 1. The van der Waals surface area contributed by atoms with Crippen LogP contribution >= 0.6 is 0 Å². The Labute approximate surface area is 103 Å². The summed E-state index contributed by atoms with van der Waals surface area (Å²) in [4.78, 5) is 2.54. The van der Waals surface area contributed by atoms with Crippen molar-refractivity contribution in [3.8, 4) is 0 Å². The van der Waals surface area contributed by atoms with Crippen LogP contribution in [-0.2, 0) is 16.6 Å². The summed E-state index contributed by atoms with van der Waals surface area (Å²) in [6.07, 6.45) is 1.23. The number of hydrogen-bond donors (Lipinski definition) is 3. The van der Waals surface area contributed by atoms with Crippen LogP contribution in [0.3, 0.4) is 0 Å². The van der Waals surface area contributed by atoms with Crippen molar-refractivity contribution in [1.82, 2.24) is 4.98 Å². The Kier molecular flexibility index (Phi) is 3.35. The van der Waals surface area contributed by atoms with Gasteiger partial charge in [0.25, 0.3) is 10.0 Å². The summed E-state index contributed by atoms with van der Waals surface area (Å²) in [7, 11) is -3.86. The lowest BCUT2D eigenvalue weighted by molar-refractivity contribution is 0.277.